The predicted molar refractivity (Wildman–Crippen MR) is 101 cm³/mol. The Bertz CT molecular complexity index is 937. The molecule has 0 unspecified atom stereocenters. The number of anilines is 1. The Morgan fingerprint density at radius 3 is 2.76 bits per heavy atom. The lowest BCUT2D eigenvalue weighted by Gasteiger charge is -2.07. The highest BCUT2D eigenvalue weighted by molar-refractivity contribution is 6.32. The van der Waals surface area contributed by atoms with E-state index in [1.165, 1.54) is 0 Å². The number of amides is 1. The monoisotopic (exact) mass is 377 g/mol. The van der Waals surface area contributed by atoms with Gasteiger partial charge in [0.15, 0.2) is 0 Å². The molecule has 0 aliphatic heterocycles. The first kappa shape index (κ1) is 17.6. The Labute approximate surface area is 155 Å². The van der Waals surface area contributed by atoms with Crippen molar-refractivity contribution in [3.63, 3.8) is 0 Å². The summed E-state index contributed by atoms with van der Waals surface area (Å²) in [6, 6.07) is 10.9. The first-order valence-electron chi connectivity index (χ1n) is 7.72. The average molecular weight is 378 g/mol. The molecule has 0 spiro atoms. The molecule has 0 saturated carbocycles. The molecule has 130 valence electrons. The van der Waals surface area contributed by atoms with Gasteiger partial charge in [0, 0.05) is 18.5 Å². The summed E-state index contributed by atoms with van der Waals surface area (Å²) in [5.74, 6) is 1.000. The molecule has 1 amide bonds. The van der Waals surface area contributed by atoms with Gasteiger partial charge in [0.25, 0.3) is 0 Å². The molecule has 0 bridgehead atoms. The Hall–Kier alpha value is -2.24. The number of hydrogen-bond donors (Lipinski definition) is 1. The summed E-state index contributed by atoms with van der Waals surface area (Å²) < 4.78 is 6.95. The third kappa shape index (κ3) is 3.89. The molecule has 2 aromatic carbocycles. The van der Waals surface area contributed by atoms with E-state index in [0.29, 0.717) is 34.6 Å². The molecule has 1 aromatic heterocycles. The largest absolute Gasteiger partial charge is 0.495 e. The van der Waals surface area contributed by atoms with Gasteiger partial charge in [-0.3, -0.25) is 10.1 Å². The first-order valence-corrected chi connectivity index (χ1v) is 8.48. The molecule has 1 N–H and O–H groups in total. The van der Waals surface area contributed by atoms with Crippen LogP contribution < -0.4 is 10.1 Å². The van der Waals surface area contributed by atoms with Crippen molar-refractivity contribution in [2.75, 3.05) is 12.4 Å². The summed E-state index contributed by atoms with van der Waals surface area (Å²) >= 11 is 12.1. The second kappa shape index (κ2) is 7.33. The second-order valence-electron chi connectivity index (χ2n) is 5.64. The number of methoxy groups -OCH3 is 1. The van der Waals surface area contributed by atoms with Gasteiger partial charge in [0.1, 0.15) is 5.75 Å². The van der Waals surface area contributed by atoms with E-state index in [1.807, 2.05) is 29.8 Å². The van der Waals surface area contributed by atoms with Crippen LogP contribution in [0.15, 0.2) is 36.4 Å². The van der Waals surface area contributed by atoms with E-state index in [2.05, 4.69) is 10.3 Å². The summed E-state index contributed by atoms with van der Waals surface area (Å²) in [7, 11) is 3.42. The molecule has 0 saturated heterocycles. The van der Waals surface area contributed by atoms with Crippen molar-refractivity contribution in [2.24, 2.45) is 7.05 Å². The zero-order valence-electron chi connectivity index (χ0n) is 13.8. The van der Waals surface area contributed by atoms with Gasteiger partial charge in [0.2, 0.25) is 11.9 Å². The summed E-state index contributed by atoms with van der Waals surface area (Å²) in [5, 5.41) is 3.98. The zero-order chi connectivity index (χ0) is 18.0. The number of ether oxygens (including phenoxy) is 1. The van der Waals surface area contributed by atoms with Crippen LogP contribution in [0.1, 0.15) is 12.0 Å². The molecular formula is C18H17Cl2N3O2. The zero-order valence-corrected chi connectivity index (χ0v) is 15.4. The number of aromatic nitrogens is 2. The molecule has 3 rings (SSSR count). The number of rotatable bonds is 5. The summed E-state index contributed by atoms with van der Waals surface area (Å²) in [6.45, 7) is 0. The van der Waals surface area contributed by atoms with Gasteiger partial charge in [-0.15, -0.1) is 0 Å². The van der Waals surface area contributed by atoms with Crippen LogP contribution in [0.5, 0.6) is 5.75 Å². The first-order chi connectivity index (χ1) is 12.0. The third-order valence-corrected chi connectivity index (χ3v) is 4.48. The second-order valence-corrected chi connectivity index (χ2v) is 6.49. The highest BCUT2D eigenvalue weighted by Gasteiger charge is 2.11. The van der Waals surface area contributed by atoms with E-state index in [-0.39, 0.29) is 5.91 Å². The van der Waals surface area contributed by atoms with Crippen molar-refractivity contribution < 1.29 is 9.53 Å². The Morgan fingerprint density at radius 1 is 1.24 bits per heavy atom. The highest BCUT2D eigenvalue weighted by Crippen LogP contribution is 2.26. The number of fused-ring (bicyclic) bond motifs is 1. The van der Waals surface area contributed by atoms with Gasteiger partial charge in [-0.2, -0.15) is 0 Å². The Kier molecular flexibility index (Phi) is 5.16. The number of imidazole rings is 1. The molecular weight excluding hydrogens is 361 g/mol. The van der Waals surface area contributed by atoms with E-state index >= 15 is 0 Å². The van der Waals surface area contributed by atoms with Gasteiger partial charge >= 0.3 is 0 Å². The summed E-state index contributed by atoms with van der Waals surface area (Å²) in [4.78, 5) is 16.7. The molecule has 0 radical (unpaired) electrons. The molecule has 5 nitrogen and oxygen atoms in total. The van der Waals surface area contributed by atoms with Crippen LogP contribution in [0.3, 0.4) is 0 Å². The van der Waals surface area contributed by atoms with Gasteiger partial charge in [-0.05, 0) is 42.3 Å². The normalized spacial score (nSPS) is 10.9. The lowest BCUT2D eigenvalue weighted by atomic mass is 10.1. The Morgan fingerprint density at radius 2 is 2.04 bits per heavy atom. The van der Waals surface area contributed by atoms with E-state index in [0.717, 1.165) is 16.6 Å². The maximum absolute atomic E-state index is 12.2. The fourth-order valence-electron chi connectivity index (χ4n) is 2.60. The molecule has 0 atom stereocenters. The fourth-order valence-corrected chi connectivity index (χ4v) is 3.04. The maximum Gasteiger partial charge on any atom is 0.227 e. The standard InChI is InChI=1S/C18H17Cl2N3O2/c1-23-15-6-5-12(19)10-14(15)21-18(23)22-17(24)8-4-11-3-7-16(25-2)13(20)9-11/h3,5-7,9-10H,4,8H2,1-2H3,(H,21,22,24). The quantitative estimate of drug-likeness (QED) is 0.713. The number of nitrogens with one attached hydrogen (secondary N) is 1. The van der Waals surface area contributed by atoms with E-state index in [4.69, 9.17) is 27.9 Å². The lowest BCUT2D eigenvalue weighted by molar-refractivity contribution is -0.116. The average Bonchev–Trinajstić information content (AvgIpc) is 2.88. The van der Waals surface area contributed by atoms with Crippen LogP contribution in [0.25, 0.3) is 11.0 Å². The van der Waals surface area contributed by atoms with Crippen LogP contribution in [0.2, 0.25) is 10.0 Å². The molecule has 0 aliphatic carbocycles. The van der Waals surface area contributed by atoms with Crippen LogP contribution in [-0.4, -0.2) is 22.6 Å². The van der Waals surface area contributed by atoms with Crippen molar-refractivity contribution >= 4 is 46.1 Å². The minimum atomic E-state index is -0.114. The van der Waals surface area contributed by atoms with E-state index < -0.39 is 0 Å². The van der Waals surface area contributed by atoms with Crippen molar-refractivity contribution in [1.82, 2.24) is 9.55 Å². The molecule has 0 aliphatic rings. The van der Waals surface area contributed by atoms with Crippen LogP contribution in [0, 0.1) is 0 Å². The number of benzene rings is 2. The minimum absolute atomic E-state index is 0.114. The van der Waals surface area contributed by atoms with Crippen molar-refractivity contribution in [1.29, 1.82) is 0 Å². The summed E-state index contributed by atoms with van der Waals surface area (Å²) in [5.41, 5.74) is 2.62. The number of halogens is 2. The predicted octanol–water partition coefficient (Wildman–Crippen LogP) is 4.46. The third-order valence-electron chi connectivity index (χ3n) is 3.95. The van der Waals surface area contributed by atoms with Gasteiger partial charge in [-0.1, -0.05) is 29.3 Å². The van der Waals surface area contributed by atoms with Crippen molar-refractivity contribution in [3.05, 3.63) is 52.0 Å². The molecule has 3 aromatic rings. The molecule has 7 heteroatoms. The number of hydrogen-bond acceptors (Lipinski definition) is 3. The van der Waals surface area contributed by atoms with E-state index in [9.17, 15) is 4.79 Å². The summed E-state index contributed by atoms with van der Waals surface area (Å²) in [6.07, 6.45) is 0.901. The smallest absolute Gasteiger partial charge is 0.227 e. The van der Waals surface area contributed by atoms with Crippen LogP contribution in [0.4, 0.5) is 5.95 Å². The Balaban J connectivity index is 1.67. The molecule has 25 heavy (non-hydrogen) atoms. The molecule has 0 fully saturated rings. The van der Waals surface area contributed by atoms with Crippen LogP contribution >= 0.6 is 23.2 Å². The SMILES string of the molecule is COc1ccc(CCC(=O)Nc2nc3cc(Cl)ccc3n2C)cc1Cl. The number of nitrogens with zero attached hydrogens (tertiary/aromatic N) is 2. The van der Waals surface area contributed by atoms with Crippen molar-refractivity contribution in [3.8, 4) is 5.75 Å². The van der Waals surface area contributed by atoms with Gasteiger partial charge < -0.3 is 9.30 Å². The topological polar surface area (TPSA) is 56.1 Å². The number of carbonyl (C=O) groups excluding carboxylic acids is 1. The maximum atomic E-state index is 12.2. The lowest BCUT2D eigenvalue weighted by Crippen LogP contribution is -2.15. The van der Waals surface area contributed by atoms with Crippen LogP contribution in [-0.2, 0) is 18.3 Å². The molecule has 1 heterocycles. The highest BCUT2D eigenvalue weighted by atomic mass is 35.5. The van der Waals surface area contributed by atoms with Gasteiger partial charge in [-0.25, -0.2) is 4.98 Å². The number of aryl methyl sites for hydroxylation is 2. The van der Waals surface area contributed by atoms with E-state index in [1.54, 1.807) is 25.3 Å². The fraction of sp³-hybridized carbons (Fsp3) is 0.222. The van der Waals surface area contributed by atoms with Crippen molar-refractivity contribution in [2.45, 2.75) is 12.8 Å². The minimum Gasteiger partial charge on any atom is -0.495 e. The van der Waals surface area contributed by atoms with Gasteiger partial charge in [0.05, 0.1) is 23.2 Å². The number of carbonyl (C=O) groups is 1.